The van der Waals surface area contributed by atoms with Crippen molar-refractivity contribution in [3.63, 3.8) is 0 Å². The molecule has 1 aromatic rings. The average molecular weight is 423 g/mol. The van der Waals surface area contributed by atoms with Crippen LogP contribution in [-0.4, -0.2) is 47.9 Å². The lowest BCUT2D eigenvalue weighted by Crippen LogP contribution is -2.42. The van der Waals surface area contributed by atoms with Crippen LogP contribution in [0.5, 0.6) is 0 Å². The summed E-state index contributed by atoms with van der Waals surface area (Å²) in [5, 5.41) is 6.15. The number of likely N-dealkylation sites (tertiary alicyclic amines) is 1. The summed E-state index contributed by atoms with van der Waals surface area (Å²) in [6, 6.07) is 3.77. The molecule has 4 atom stereocenters. The van der Waals surface area contributed by atoms with Crippen LogP contribution in [0.3, 0.4) is 0 Å². The van der Waals surface area contributed by atoms with Crippen LogP contribution in [0.4, 0.5) is 5.82 Å². The van der Waals surface area contributed by atoms with Crippen molar-refractivity contribution in [2.45, 2.75) is 45.4 Å². The first-order valence-corrected chi connectivity index (χ1v) is 12.0. The predicted molar refractivity (Wildman–Crippen MR) is 120 cm³/mol. The van der Waals surface area contributed by atoms with E-state index in [0.29, 0.717) is 12.4 Å². The Labute approximate surface area is 184 Å². The Hall–Kier alpha value is -2.21. The lowest BCUT2D eigenvalue weighted by Gasteiger charge is -2.26. The molecule has 5 rings (SSSR count). The molecule has 6 nitrogen and oxygen atoms in total. The molecule has 1 spiro atoms. The third-order valence-electron chi connectivity index (χ3n) is 8.01. The van der Waals surface area contributed by atoms with Gasteiger partial charge in [-0.25, -0.2) is 4.98 Å². The van der Waals surface area contributed by atoms with Gasteiger partial charge in [-0.05, 0) is 94.0 Å². The van der Waals surface area contributed by atoms with Crippen molar-refractivity contribution in [2.24, 2.45) is 29.1 Å². The van der Waals surface area contributed by atoms with Crippen molar-refractivity contribution in [3.05, 3.63) is 36.0 Å². The van der Waals surface area contributed by atoms with Crippen LogP contribution >= 0.6 is 0 Å². The zero-order valence-electron chi connectivity index (χ0n) is 18.5. The second kappa shape index (κ2) is 8.38. The number of hydrogen-bond donors (Lipinski definition) is 2. The van der Waals surface area contributed by atoms with Crippen LogP contribution in [0, 0.1) is 36.0 Å². The number of nitrogens with one attached hydrogen (secondary N) is 2. The fourth-order valence-corrected chi connectivity index (χ4v) is 6.26. The molecule has 1 aromatic heterocycles. The molecule has 2 N–H and O–H groups in total. The quantitative estimate of drug-likeness (QED) is 0.499. The van der Waals surface area contributed by atoms with E-state index in [1.807, 2.05) is 19.1 Å². The van der Waals surface area contributed by atoms with E-state index >= 15 is 0 Å². The van der Waals surface area contributed by atoms with E-state index in [1.165, 1.54) is 25.9 Å². The van der Waals surface area contributed by atoms with Gasteiger partial charge in [0.2, 0.25) is 11.8 Å². The van der Waals surface area contributed by atoms with Crippen molar-refractivity contribution in [1.82, 2.24) is 15.2 Å². The van der Waals surface area contributed by atoms with Gasteiger partial charge in [0.1, 0.15) is 5.82 Å². The summed E-state index contributed by atoms with van der Waals surface area (Å²) in [6.45, 7) is 6.24. The first-order valence-electron chi connectivity index (χ1n) is 12.0. The summed E-state index contributed by atoms with van der Waals surface area (Å²) in [6.07, 6.45) is 13.2. The molecule has 166 valence electrons. The van der Waals surface area contributed by atoms with Crippen LogP contribution in [0.2, 0.25) is 0 Å². The Morgan fingerprint density at radius 3 is 2.42 bits per heavy atom. The van der Waals surface area contributed by atoms with Crippen LogP contribution < -0.4 is 10.6 Å². The number of carbonyl (C=O) groups is 2. The van der Waals surface area contributed by atoms with E-state index in [9.17, 15) is 9.59 Å². The summed E-state index contributed by atoms with van der Waals surface area (Å²) in [4.78, 5) is 33.3. The fourth-order valence-electron chi connectivity index (χ4n) is 6.26. The lowest BCUT2D eigenvalue weighted by molar-refractivity contribution is -0.132. The highest BCUT2D eigenvalue weighted by Crippen LogP contribution is 2.72. The fraction of sp³-hybridized carbons (Fsp3) is 0.640. The van der Waals surface area contributed by atoms with E-state index in [2.05, 4.69) is 32.7 Å². The summed E-state index contributed by atoms with van der Waals surface area (Å²) in [5.74, 6) is 0.368. The highest BCUT2D eigenvalue weighted by Gasteiger charge is 2.69. The van der Waals surface area contributed by atoms with Gasteiger partial charge in [0.25, 0.3) is 0 Å². The molecule has 6 heteroatoms. The Bertz CT molecular complexity index is 855. The molecule has 2 heterocycles. The molecular weight excluding hydrogens is 388 g/mol. The van der Waals surface area contributed by atoms with Gasteiger partial charge in [0, 0.05) is 12.7 Å². The second-order valence-electron chi connectivity index (χ2n) is 9.98. The second-order valence-corrected chi connectivity index (χ2v) is 9.98. The van der Waals surface area contributed by atoms with Gasteiger partial charge >= 0.3 is 0 Å². The van der Waals surface area contributed by atoms with Crippen molar-refractivity contribution in [1.29, 1.82) is 0 Å². The van der Waals surface area contributed by atoms with Crippen molar-refractivity contribution in [3.8, 4) is 0 Å². The summed E-state index contributed by atoms with van der Waals surface area (Å²) >= 11 is 0. The van der Waals surface area contributed by atoms with Gasteiger partial charge in [0.05, 0.1) is 11.8 Å². The largest absolute Gasteiger partial charge is 0.356 e. The van der Waals surface area contributed by atoms with Crippen molar-refractivity contribution < 1.29 is 9.59 Å². The van der Waals surface area contributed by atoms with Crippen LogP contribution in [-0.2, 0) is 9.59 Å². The van der Waals surface area contributed by atoms with Crippen LogP contribution in [0.1, 0.15) is 44.1 Å². The number of amides is 2. The first kappa shape index (κ1) is 20.7. The maximum absolute atomic E-state index is 13.3. The van der Waals surface area contributed by atoms with Gasteiger partial charge in [-0.3, -0.25) is 9.59 Å². The standard InChI is InChI=1S/C25H34N4O2/c1-17-6-9-20(27-16-17)28-24(31)22-19-8-7-18(25(19)10-11-25)21(22)23(30)26-12-2-3-13-29-14-4-5-15-29/h6-9,16,18-19,21-22H,2-5,10-15H2,1H3,(H,26,30)(H,27,28,31)/t18-,19-,21-,22-/m1/s1. The number of nitrogens with zero attached hydrogens (tertiary/aromatic N) is 2. The number of hydrogen-bond acceptors (Lipinski definition) is 4. The van der Waals surface area contributed by atoms with E-state index in [1.54, 1.807) is 6.20 Å². The molecule has 3 fully saturated rings. The van der Waals surface area contributed by atoms with Gasteiger partial charge < -0.3 is 15.5 Å². The normalized spacial score (nSPS) is 30.1. The highest BCUT2D eigenvalue weighted by molar-refractivity contribution is 5.97. The number of rotatable bonds is 8. The maximum atomic E-state index is 13.3. The van der Waals surface area contributed by atoms with E-state index in [-0.39, 0.29) is 40.9 Å². The van der Waals surface area contributed by atoms with E-state index in [4.69, 9.17) is 0 Å². The number of carbonyl (C=O) groups excluding carboxylic acids is 2. The van der Waals surface area contributed by atoms with E-state index in [0.717, 1.165) is 37.8 Å². The zero-order valence-corrected chi connectivity index (χ0v) is 18.5. The highest BCUT2D eigenvalue weighted by atomic mass is 16.2. The summed E-state index contributed by atoms with van der Waals surface area (Å²) < 4.78 is 0. The molecule has 1 aliphatic heterocycles. The Morgan fingerprint density at radius 1 is 1.06 bits per heavy atom. The van der Waals surface area contributed by atoms with Gasteiger partial charge in [-0.15, -0.1) is 0 Å². The summed E-state index contributed by atoms with van der Waals surface area (Å²) in [5.41, 5.74) is 1.21. The molecule has 2 bridgehead atoms. The molecular formula is C25H34N4O2. The van der Waals surface area contributed by atoms with Gasteiger partial charge in [-0.1, -0.05) is 18.2 Å². The number of anilines is 1. The Kier molecular flexibility index (Phi) is 5.59. The monoisotopic (exact) mass is 422 g/mol. The van der Waals surface area contributed by atoms with Crippen LogP contribution in [0.15, 0.2) is 30.5 Å². The average Bonchev–Trinajstić information content (AvgIpc) is 3.12. The Balaban J connectivity index is 1.20. The number of allylic oxidation sites excluding steroid dienone is 2. The van der Waals surface area contributed by atoms with Gasteiger partial charge in [-0.2, -0.15) is 0 Å². The topological polar surface area (TPSA) is 74.3 Å². The molecule has 0 aromatic carbocycles. The number of unbranched alkanes of at least 4 members (excludes halogenated alkanes) is 1. The van der Waals surface area contributed by atoms with Gasteiger partial charge in [0.15, 0.2) is 0 Å². The minimum Gasteiger partial charge on any atom is -0.356 e. The minimum absolute atomic E-state index is 0.0568. The molecule has 31 heavy (non-hydrogen) atoms. The minimum atomic E-state index is -0.301. The maximum Gasteiger partial charge on any atom is 0.230 e. The summed E-state index contributed by atoms with van der Waals surface area (Å²) in [7, 11) is 0. The molecule has 0 radical (unpaired) electrons. The SMILES string of the molecule is Cc1ccc(NC(=O)[C@H]2[C@H](C(=O)NCCCCN3CCCC3)[C@H]3C=C[C@H]2C32CC2)nc1. The lowest BCUT2D eigenvalue weighted by atomic mass is 9.81. The molecule has 3 aliphatic carbocycles. The molecule has 1 saturated heterocycles. The van der Waals surface area contributed by atoms with Crippen molar-refractivity contribution in [2.75, 3.05) is 31.5 Å². The third-order valence-corrected chi connectivity index (χ3v) is 8.01. The smallest absolute Gasteiger partial charge is 0.230 e. The molecule has 0 unspecified atom stereocenters. The predicted octanol–water partition coefficient (Wildman–Crippen LogP) is 3.15. The molecule has 2 saturated carbocycles. The molecule has 2 amide bonds. The van der Waals surface area contributed by atoms with Crippen LogP contribution in [0.25, 0.3) is 0 Å². The number of aromatic nitrogens is 1. The first-order chi connectivity index (χ1) is 15.1. The Morgan fingerprint density at radius 2 is 1.77 bits per heavy atom. The molecule has 4 aliphatic rings. The number of aryl methyl sites for hydroxylation is 1. The van der Waals surface area contributed by atoms with E-state index < -0.39 is 0 Å². The van der Waals surface area contributed by atoms with Crippen molar-refractivity contribution >= 4 is 17.6 Å². The number of pyridine rings is 1. The zero-order chi connectivity index (χ0) is 21.4. The third kappa shape index (κ3) is 3.91.